The van der Waals surface area contributed by atoms with E-state index < -0.39 is 28.0 Å². The van der Waals surface area contributed by atoms with Crippen LogP contribution >= 0.6 is 0 Å². The van der Waals surface area contributed by atoms with Gasteiger partial charge in [0.1, 0.15) is 0 Å². The van der Waals surface area contributed by atoms with Gasteiger partial charge < -0.3 is 5.11 Å². The summed E-state index contributed by atoms with van der Waals surface area (Å²) >= 11 is 0. The second-order valence-electron chi connectivity index (χ2n) is 6.46. The molecule has 5 nitrogen and oxygen atoms in total. The third-order valence-corrected chi connectivity index (χ3v) is 6.30. The first kappa shape index (κ1) is 16.8. The van der Waals surface area contributed by atoms with Crippen LogP contribution in [0.5, 0.6) is 0 Å². The zero-order valence-electron chi connectivity index (χ0n) is 13.8. The third kappa shape index (κ3) is 2.87. The van der Waals surface area contributed by atoms with E-state index in [1.165, 1.54) is 0 Å². The summed E-state index contributed by atoms with van der Waals surface area (Å²) in [6, 6.07) is 18.9. The lowest BCUT2D eigenvalue weighted by Crippen LogP contribution is -2.34. The van der Waals surface area contributed by atoms with E-state index in [9.17, 15) is 18.3 Å². The van der Waals surface area contributed by atoms with Crippen LogP contribution in [0, 0.1) is 5.92 Å². The predicted octanol–water partition coefficient (Wildman–Crippen LogP) is 3.12. The predicted molar refractivity (Wildman–Crippen MR) is 98.3 cm³/mol. The number of carbonyl (C=O) groups is 1. The fourth-order valence-electron chi connectivity index (χ4n) is 3.54. The highest BCUT2D eigenvalue weighted by Crippen LogP contribution is 2.37. The van der Waals surface area contributed by atoms with Gasteiger partial charge in [0.25, 0.3) is 0 Å². The van der Waals surface area contributed by atoms with Gasteiger partial charge in [-0.25, -0.2) is 13.1 Å². The summed E-state index contributed by atoms with van der Waals surface area (Å²) in [5, 5.41) is 11.3. The van der Waals surface area contributed by atoms with E-state index in [0.717, 1.165) is 21.9 Å². The Bertz CT molecular complexity index is 1110. The van der Waals surface area contributed by atoms with E-state index in [1.54, 1.807) is 30.3 Å². The Labute approximate surface area is 151 Å². The number of carboxylic acid groups (broad SMARTS) is 1. The second kappa shape index (κ2) is 6.23. The molecular weight excluding hydrogens is 350 g/mol. The van der Waals surface area contributed by atoms with Crippen molar-refractivity contribution >= 4 is 26.8 Å². The number of hydrogen-bond donors (Lipinski definition) is 2. The van der Waals surface area contributed by atoms with Crippen molar-refractivity contribution in [2.75, 3.05) is 0 Å². The minimum Gasteiger partial charge on any atom is -0.481 e. The van der Waals surface area contributed by atoms with Gasteiger partial charge in [-0.2, -0.15) is 0 Å². The molecule has 3 aromatic rings. The second-order valence-corrected chi connectivity index (χ2v) is 8.17. The van der Waals surface area contributed by atoms with Gasteiger partial charge in [-0.15, -0.1) is 0 Å². The van der Waals surface area contributed by atoms with E-state index in [2.05, 4.69) is 4.72 Å². The molecular formula is C20H17NO4S. The number of sulfonamides is 1. The molecule has 1 aliphatic carbocycles. The first-order chi connectivity index (χ1) is 12.5. The summed E-state index contributed by atoms with van der Waals surface area (Å²) in [4.78, 5) is 11.8. The number of hydrogen-bond acceptors (Lipinski definition) is 3. The van der Waals surface area contributed by atoms with Crippen molar-refractivity contribution in [3.63, 3.8) is 0 Å². The van der Waals surface area contributed by atoms with Gasteiger partial charge in [0.05, 0.1) is 16.9 Å². The Morgan fingerprint density at radius 1 is 0.962 bits per heavy atom. The molecule has 2 unspecified atom stereocenters. The minimum atomic E-state index is -3.86. The summed E-state index contributed by atoms with van der Waals surface area (Å²) in [6.45, 7) is 0. The summed E-state index contributed by atoms with van der Waals surface area (Å²) in [5.74, 6) is -1.82. The first-order valence-electron chi connectivity index (χ1n) is 8.27. The minimum absolute atomic E-state index is 0.129. The highest BCUT2D eigenvalue weighted by molar-refractivity contribution is 7.89. The lowest BCUT2D eigenvalue weighted by atomic mass is 10.0. The molecule has 0 aliphatic heterocycles. The van der Waals surface area contributed by atoms with Crippen molar-refractivity contribution < 1.29 is 18.3 Å². The van der Waals surface area contributed by atoms with Gasteiger partial charge in [0.15, 0.2) is 0 Å². The van der Waals surface area contributed by atoms with Crippen LogP contribution in [-0.2, 0) is 21.2 Å². The maximum absolute atomic E-state index is 12.9. The fourth-order valence-corrected chi connectivity index (χ4v) is 4.83. The first-order valence-corrected chi connectivity index (χ1v) is 9.76. The summed E-state index contributed by atoms with van der Waals surface area (Å²) in [7, 11) is -3.86. The van der Waals surface area contributed by atoms with Gasteiger partial charge in [-0.1, -0.05) is 54.6 Å². The Hall–Kier alpha value is -2.70. The van der Waals surface area contributed by atoms with Crippen molar-refractivity contribution in [1.82, 2.24) is 4.72 Å². The van der Waals surface area contributed by atoms with Crippen LogP contribution in [0.15, 0.2) is 71.6 Å². The van der Waals surface area contributed by atoms with Crippen LogP contribution < -0.4 is 4.72 Å². The Balaban J connectivity index is 1.72. The smallest absolute Gasteiger partial charge is 0.308 e. The molecule has 132 valence electrons. The van der Waals surface area contributed by atoms with Crippen LogP contribution in [0.1, 0.15) is 17.2 Å². The molecule has 2 N–H and O–H groups in total. The Morgan fingerprint density at radius 2 is 1.65 bits per heavy atom. The largest absolute Gasteiger partial charge is 0.481 e. The molecule has 4 rings (SSSR count). The van der Waals surface area contributed by atoms with Crippen LogP contribution in [0.4, 0.5) is 0 Å². The number of carboxylic acids is 1. The molecule has 0 amide bonds. The average Bonchev–Trinajstić information content (AvgIpc) is 3.00. The number of aliphatic carboxylic acids is 1. The Morgan fingerprint density at radius 3 is 2.42 bits per heavy atom. The van der Waals surface area contributed by atoms with Crippen LogP contribution in [0.2, 0.25) is 0 Å². The zero-order valence-corrected chi connectivity index (χ0v) is 14.6. The maximum Gasteiger partial charge on any atom is 0.308 e. The third-order valence-electron chi connectivity index (χ3n) is 4.86. The van der Waals surface area contributed by atoms with Crippen molar-refractivity contribution in [2.45, 2.75) is 17.4 Å². The molecule has 1 aliphatic rings. The molecule has 0 spiro atoms. The monoisotopic (exact) mass is 367 g/mol. The normalized spacial score (nSPS) is 19.4. The molecule has 0 bridgehead atoms. The Kier molecular flexibility index (Phi) is 4.01. The number of rotatable bonds is 4. The molecule has 0 saturated heterocycles. The quantitative estimate of drug-likeness (QED) is 0.742. The molecule has 3 aromatic carbocycles. The maximum atomic E-state index is 12.9. The van der Waals surface area contributed by atoms with Crippen molar-refractivity contribution in [2.24, 2.45) is 5.92 Å². The van der Waals surface area contributed by atoms with Crippen molar-refractivity contribution in [3.8, 4) is 0 Å². The number of nitrogens with one attached hydrogen (secondary N) is 1. The van der Waals surface area contributed by atoms with Crippen LogP contribution in [0.3, 0.4) is 0 Å². The standard InChI is InChI=1S/C20H17NO4S/c22-20(23)18-12-15-7-3-4-8-17(15)19(18)21-26(24,25)16-10-9-13-5-1-2-6-14(13)11-16/h1-11,18-19,21H,12H2,(H,22,23). The molecule has 0 aromatic heterocycles. The van der Waals surface area contributed by atoms with E-state index in [-0.39, 0.29) is 4.90 Å². The van der Waals surface area contributed by atoms with Gasteiger partial charge in [0.2, 0.25) is 10.0 Å². The molecule has 0 radical (unpaired) electrons. The number of benzene rings is 3. The molecule has 26 heavy (non-hydrogen) atoms. The highest BCUT2D eigenvalue weighted by Gasteiger charge is 2.39. The molecule has 2 atom stereocenters. The molecule has 0 heterocycles. The topological polar surface area (TPSA) is 83.5 Å². The van der Waals surface area contributed by atoms with Gasteiger partial charge in [-0.3, -0.25) is 4.79 Å². The van der Waals surface area contributed by atoms with Crippen molar-refractivity contribution in [1.29, 1.82) is 0 Å². The summed E-state index contributed by atoms with van der Waals surface area (Å²) in [6.07, 6.45) is 0.316. The molecule has 0 saturated carbocycles. The summed E-state index contributed by atoms with van der Waals surface area (Å²) in [5.41, 5.74) is 1.59. The van der Waals surface area contributed by atoms with E-state index in [0.29, 0.717) is 6.42 Å². The van der Waals surface area contributed by atoms with Crippen LogP contribution in [-0.4, -0.2) is 19.5 Å². The van der Waals surface area contributed by atoms with Crippen LogP contribution in [0.25, 0.3) is 10.8 Å². The van der Waals surface area contributed by atoms with Gasteiger partial charge >= 0.3 is 5.97 Å². The number of fused-ring (bicyclic) bond motifs is 2. The van der Waals surface area contributed by atoms with E-state index in [1.807, 2.05) is 36.4 Å². The van der Waals surface area contributed by atoms with Crippen molar-refractivity contribution in [3.05, 3.63) is 77.9 Å². The SMILES string of the molecule is O=C(O)C1Cc2ccccc2C1NS(=O)(=O)c1ccc2ccccc2c1. The molecule has 6 heteroatoms. The molecule has 0 fully saturated rings. The lowest BCUT2D eigenvalue weighted by Gasteiger charge is -2.19. The van der Waals surface area contributed by atoms with Gasteiger partial charge in [0, 0.05) is 0 Å². The lowest BCUT2D eigenvalue weighted by molar-refractivity contribution is -0.142. The average molecular weight is 367 g/mol. The fraction of sp³-hybridized carbons (Fsp3) is 0.150. The summed E-state index contributed by atoms with van der Waals surface area (Å²) < 4.78 is 28.4. The zero-order chi connectivity index (χ0) is 18.3. The highest BCUT2D eigenvalue weighted by atomic mass is 32.2. The van der Waals surface area contributed by atoms with E-state index in [4.69, 9.17) is 0 Å². The van der Waals surface area contributed by atoms with E-state index >= 15 is 0 Å². The van der Waals surface area contributed by atoms with Gasteiger partial charge in [-0.05, 0) is 40.5 Å².